The van der Waals surface area contributed by atoms with E-state index in [2.05, 4.69) is 180 Å². The minimum Gasteiger partial charge on any atom is -0.309 e. The van der Waals surface area contributed by atoms with Gasteiger partial charge in [0.05, 0.1) is 11.0 Å². The van der Waals surface area contributed by atoms with Gasteiger partial charge in [0, 0.05) is 42.7 Å². The minimum absolute atomic E-state index is 0.636. The van der Waals surface area contributed by atoms with Gasteiger partial charge in [0.25, 0.3) is 0 Å². The van der Waals surface area contributed by atoms with E-state index in [9.17, 15) is 0 Å². The Morgan fingerprint density at radius 3 is 1.73 bits per heavy atom. The molecule has 0 radical (unpaired) electrons. The van der Waals surface area contributed by atoms with Gasteiger partial charge in [0.15, 0.2) is 17.5 Å². The first-order valence-corrected chi connectivity index (χ1v) is 18.2. The summed E-state index contributed by atoms with van der Waals surface area (Å²) < 4.78 is 3.61. The van der Waals surface area contributed by atoms with Crippen LogP contribution < -0.4 is 0 Å². The number of thiophene rings is 1. The molecule has 0 saturated heterocycles. The summed E-state index contributed by atoms with van der Waals surface area (Å²) >= 11 is 1.81. The van der Waals surface area contributed by atoms with Crippen molar-refractivity contribution in [2.24, 2.45) is 0 Å². The van der Waals surface area contributed by atoms with E-state index in [1.165, 1.54) is 25.9 Å². The van der Waals surface area contributed by atoms with E-state index in [-0.39, 0.29) is 0 Å². The SMILES string of the molecule is c1ccc(-c2cccc(-c3nc(-c4ccc(-c5cc6ccccc6s5)cc4)nc(-c4ccc5c(c4)c4ccccc4n5-c4ccccc4)n3)c2)cc1. The van der Waals surface area contributed by atoms with Crippen LogP contribution in [0.1, 0.15) is 0 Å². The molecule has 10 rings (SSSR count). The van der Waals surface area contributed by atoms with Crippen LogP contribution in [0.2, 0.25) is 0 Å². The summed E-state index contributed by atoms with van der Waals surface area (Å²) in [4.78, 5) is 16.6. The van der Waals surface area contributed by atoms with Crippen LogP contribution in [0.5, 0.6) is 0 Å². The second kappa shape index (κ2) is 12.6. The molecule has 0 N–H and O–H groups in total. The number of benzene rings is 7. The van der Waals surface area contributed by atoms with Crippen LogP contribution in [0, 0.1) is 0 Å². The lowest BCUT2D eigenvalue weighted by molar-refractivity contribution is 1.07. The van der Waals surface area contributed by atoms with E-state index in [0.717, 1.165) is 49.9 Å². The highest BCUT2D eigenvalue weighted by atomic mass is 32.1. The van der Waals surface area contributed by atoms with Crippen molar-refractivity contribution < 1.29 is 0 Å². The number of nitrogens with zero attached hydrogens (tertiary/aromatic N) is 4. The highest BCUT2D eigenvalue weighted by Crippen LogP contribution is 2.37. The summed E-state index contributed by atoms with van der Waals surface area (Å²) in [5.74, 6) is 1.91. The van der Waals surface area contributed by atoms with Gasteiger partial charge in [-0.25, -0.2) is 15.0 Å². The lowest BCUT2D eigenvalue weighted by atomic mass is 10.0. The molecule has 7 aromatic carbocycles. The summed E-state index contributed by atoms with van der Waals surface area (Å²) in [6.07, 6.45) is 0. The predicted molar refractivity (Wildman–Crippen MR) is 217 cm³/mol. The Hall–Kier alpha value is -6.69. The summed E-state index contributed by atoms with van der Waals surface area (Å²) in [5.41, 5.74) is 9.69. The average Bonchev–Trinajstić information content (AvgIpc) is 3.81. The van der Waals surface area contributed by atoms with Crippen LogP contribution in [-0.4, -0.2) is 19.5 Å². The summed E-state index contributed by atoms with van der Waals surface area (Å²) in [5, 5.41) is 3.60. The highest BCUT2D eigenvalue weighted by molar-refractivity contribution is 7.22. The Balaban J connectivity index is 1.13. The number of hydrogen-bond donors (Lipinski definition) is 0. The molecule has 0 unspecified atom stereocenters. The fourth-order valence-corrected chi connectivity index (χ4v) is 8.17. The molecule has 5 heteroatoms. The lowest BCUT2D eigenvalue weighted by Crippen LogP contribution is -2.00. The zero-order valence-electron chi connectivity index (χ0n) is 28.0. The molecule has 0 aliphatic heterocycles. The first kappa shape index (κ1) is 30.2. The van der Waals surface area contributed by atoms with Gasteiger partial charge in [0.1, 0.15) is 0 Å². The van der Waals surface area contributed by atoms with Crippen LogP contribution in [0.4, 0.5) is 0 Å². The fraction of sp³-hybridized carbons (Fsp3) is 0. The van der Waals surface area contributed by atoms with E-state index in [1.54, 1.807) is 0 Å². The van der Waals surface area contributed by atoms with Gasteiger partial charge >= 0.3 is 0 Å². The van der Waals surface area contributed by atoms with Gasteiger partial charge in [-0.15, -0.1) is 11.3 Å². The molecule has 3 heterocycles. The van der Waals surface area contributed by atoms with Gasteiger partial charge in [-0.1, -0.05) is 127 Å². The first-order chi connectivity index (χ1) is 25.7. The molecule has 4 nitrogen and oxygen atoms in total. The van der Waals surface area contributed by atoms with Crippen molar-refractivity contribution in [3.8, 4) is 61.4 Å². The van der Waals surface area contributed by atoms with Crippen molar-refractivity contribution in [1.82, 2.24) is 19.5 Å². The topological polar surface area (TPSA) is 43.6 Å². The molecule has 0 atom stereocenters. The van der Waals surface area contributed by atoms with Crippen LogP contribution in [-0.2, 0) is 0 Å². The molecule has 0 amide bonds. The van der Waals surface area contributed by atoms with Crippen molar-refractivity contribution >= 4 is 43.2 Å². The Bertz CT molecular complexity index is 2860. The standard InChI is InChI=1S/C47H30N4S/c1-3-12-31(13-4-1)34-15-11-16-36(28-34)46-48-45(33-24-22-32(23-25-33)44-30-35-14-7-10-21-43(35)52-44)49-47(50-46)37-26-27-42-40(29-37)39-19-8-9-20-41(39)51(42)38-17-5-2-6-18-38/h1-30H. The van der Waals surface area contributed by atoms with E-state index < -0.39 is 0 Å². The maximum atomic E-state index is 5.15. The Morgan fingerprint density at radius 2 is 0.942 bits per heavy atom. The van der Waals surface area contributed by atoms with Crippen LogP contribution in [0.25, 0.3) is 93.3 Å². The minimum atomic E-state index is 0.636. The Morgan fingerprint density at radius 1 is 0.365 bits per heavy atom. The highest BCUT2D eigenvalue weighted by Gasteiger charge is 2.17. The molecule has 0 aliphatic carbocycles. The molecule has 0 fully saturated rings. The third-order valence-corrected chi connectivity index (χ3v) is 10.8. The smallest absolute Gasteiger partial charge is 0.164 e. The normalized spacial score (nSPS) is 11.5. The maximum absolute atomic E-state index is 5.15. The van der Waals surface area contributed by atoms with E-state index in [4.69, 9.17) is 15.0 Å². The van der Waals surface area contributed by atoms with E-state index in [0.29, 0.717) is 17.5 Å². The van der Waals surface area contributed by atoms with Crippen molar-refractivity contribution in [3.63, 3.8) is 0 Å². The molecular formula is C47H30N4S. The number of rotatable bonds is 6. The number of hydrogen-bond acceptors (Lipinski definition) is 4. The molecule has 244 valence electrons. The largest absolute Gasteiger partial charge is 0.309 e. The van der Waals surface area contributed by atoms with Crippen molar-refractivity contribution in [2.45, 2.75) is 0 Å². The van der Waals surface area contributed by atoms with Crippen molar-refractivity contribution in [3.05, 3.63) is 182 Å². The van der Waals surface area contributed by atoms with Crippen LogP contribution >= 0.6 is 11.3 Å². The lowest BCUT2D eigenvalue weighted by Gasteiger charge is -2.11. The molecule has 10 aromatic rings. The number of fused-ring (bicyclic) bond motifs is 4. The third kappa shape index (κ3) is 5.36. The zero-order chi connectivity index (χ0) is 34.4. The van der Waals surface area contributed by atoms with E-state index >= 15 is 0 Å². The fourth-order valence-electron chi connectivity index (χ4n) is 7.11. The summed E-state index contributed by atoms with van der Waals surface area (Å²) in [6, 6.07) is 63.9. The van der Waals surface area contributed by atoms with Crippen molar-refractivity contribution in [1.29, 1.82) is 0 Å². The summed E-state index contributed by atoms with van der Waals surface area (Å²) in [7, 11) is 0. The van der Waals surface area contributed by atoms with E-state index in [1.807, 2.05) is 17.4 Å². The average molecular weight is 683 g/mol. The van der Waals surface area contributed by atoms with Crippen molar-refractivity contribution in [2.75, 3.05) is 0 Å². The van der Waals surface area contributed by atoms with Gasteiger partial charge in [0.2, 0.25) is 0 Å². The quantitative estimate of drug-likeness (QED) is 0.175. The molecular weight excluding hydrogens is 653 g/mol. The number of aromatic nitrogens is 4. The second-order valence-electron chi connectivity index (χ2n) is 12.9. The third-order valence-electron chi connectivity index (χ3n) is 9.66. The Labute approximate surface area is 305 Å². The monoisotopic (exact) mass is 682 g/mol. The van der Waals surface area contributed by atoms with Crippen LogP contribution in [0.15, 0.2) is 182 Å². The van der Waals surface area contributed by atoms with Crippen LogP contribution in [0.3, 0.4) is 0 Å². The van der Waals surface area contributed by atoms with Gasteiger partial charge in [-0.2, -0.15) is 0 Å². The maximum Gasteiger partial charge on any atom is 0.164 e. The predicted octanol–water partition coefficient (Wildman–Crippen LogP) is 12.5. The number of para-hydroxylation sites is 2. The molecule has 3 aromatic heterocycles. The Kier molecular flexibility index (Phi) is 7.29. The van der Waals surface area contributed by atoms with Gasteiger partial charge < -0.3 is 4.57 Å². The van der Waals surface area contributed by atoms with Gasteiger partial charge in [-0.05, 0) is 76.7 Å². The molecule has 52 heavy (non-hydrogen) atoms. The van der Waals surface area contributed by atoms with Gasteiger partial charge in [-0.3, -0.25) is 0 Å². The molecule has 0 aliphatic rings. The molecule has 0 spiro atoms. The molecule has 0 saturated carbocycles. The second-order valence-corrected chi connectivity index (χ2v) is 14.0. The zero-order valence-corrected chi connectivity index (χ0v) is 28.8. The summed E-state index contributed by atoms with van der Waals surface area (Å²) in [6.45, 7) is 0. The first-order valence-electron chi connectivity index (χ1n) is 17.4. The molecule has 0 bridgehead atoms.